The summed E-state index contributed by atoms with van der Waals surface area (Å²) in [6, 6.07) is 9.22. The number of hydrogen-bond acceptors (Lipinski definition) is 5. The first-order chi connectivity index (χ1) is 11.8. The summed E-state index contributed by atoms with van der Waals surface area (Å²) in [5, 5.41) is 6.13. The summed E-state index contributed by atoms with van der Waals surface area (Å²) in [7, 11) is 0. The van der Waals surface area contributed by atoms with E-state index in [9.17, 15) is 4.79 Å². The van der Waals surface area contributed by atoms with Gasteiger partial charge in [-0.3, -0.25) is 4.79 Å². The number of carbonyl (C=O) groups excluding carboxylic acids is 1. The van der Waals surface area contributed by atoms with Crippen molar-refractivity contribution >= 4 is 11.6 Å². The molecule has 1 aliphatic heterocycles. The van der Waals surface area contributed by atoms with E-state index in [1.165, 1.54) is 0 Å². The van der Waals surface area contributed by atoms with Crippen LogP contribution in [0.15, 0.2) is 36.5 Å². The fourth-order valence-electron chi connectivity index (χ4n) is 2.37. The minimum absolute atomic E-state index is 0.201. The van der Waals surface area contributed by atoms with Crippen LogP contribution in [-0.2, 0) is 6.54 Å². The Morgan fingerprint density at radius 3 is 2.88 bits per heavy atom. The highest BCUT2D eigenvalue weighted by Crippen LogP contribution is 2.32. The molecule has 2 heterocycles. The highest BCUT2D eigenvalue weighted by atomic mass is 16.7. The number of carbonyl (C=O) groups is 1. The summed E-state index contributed by atoms with van der Waals surface area (Å²) >= 11 is 0. The molecule has 0 saturated carbocycles. The SMILES string of the molecule is CCCCNc1ccc(C(=O)NCc2ccc3c(c2)OCO3)nc1. The zero-order valence-electron chi connectivity index (χ0n) is 13.7. The lowest BCUT2D eigenvalue weighted by atomic mass is 10.2. The van der Waals surface area contributed by atoms with Crippen LogP contribution in [0.4, 0.5) is 5.69 Å². The number of rotatable bonds is 7. The highest BCUT2D eigenvalue weighted by Gasteiger charge is 2.14. The molecule has 2 N–H and O–H groups in total. The van der Waals surface area contributed by atoms with E-state index in [-0.39, 0.29) is 12.7 Å². The number of hydrogen-bond donors (Lipinski definition) is 2. The Bertz CT molecular complexity index is 701. The molecule has 1 aromatic carbocycles. The predicted octanol–water partition coefficient (Wildman–Crippen LogP) is 2.95. The van der Waals surface area contributed by atoms with Crippen LogP contribution in [-0.4, -0.2) is 24.2 Å². The van der Waals surface area contributed by atoms with Gasteiger partial charge in [-0.1, -0.05) is 19.4 Å². The maximum atomic E-state index is 12.2. The van der Waals surface area contributed by atoms with Gasteiger partial charge in [0.05, 0.1) is 11.9 Å². The number of fused-ring (bicyclic) bond motifs is 1. The van der Waals surface area contributed by atoms with Gasteiger partial charge in [0.2, 0.25) is 6.79 Å². The van der Waals surface area contributed by atoms with Crippen LogP contribution >= 0.6 is 0 Å². The average Bonchev–Trinajstić information content (AvgIpc) is 3.08. The Labute approximate surface area is 141 Å². The van der Waals surface area contributed by atoms with Gasteiger partial charge >= 0.3 is 0 Å². The van der Waals surface area contributed by atoms with Crippen molar-refractivity contribution in [2.45, 2.75) is 26.3 Å². The molecule has 126 valence electrons. The van der Waals surface area contributed by atoms with Gasteiger partial charge in [0.1, 0.15) is 5.69 Å². The standard InChI is InChI=1S/C18H21N3O3/c1-2-3-8-19-14-5-6-15(20-11-14)18(22)21-10-13-4-7-16-17(9-13)24-12-23-16/h4-7,9,11,19H,2-3,8,10,12H2,1H3,(H,21,22). The molecule has 0 unspecified atom stereocenters. The number of ether oxygens (including phenoxy) is 2. The van der Waals surface area contributed by atoms with Crippen LogP contribution in [0.3, 0.4) is 0 Å². The van der Waals surface area contributed by atoms with E-state index in [1.807, 2.05) is 24.3 Å². The van der Waals surface area contributed by atoms with Crippen LogP contribution in [0.25, 0.3) is 0 Å². The Balaban J connectivity index is 1.53. The Hall–Kier alpha value is -2.76. The summed E-state index contributed by atoms with van der Waals surface area (Å²) < 4.78 is 10.6. The lowest BCUT2D eigenvalue weighted by Gasteiger charge is -2.08. The number of amides is 1. The monoisotopic (exact) mass is 327 g/mol. The van der Waals surface area contributed by atoms with Crippen LogP contribution in [0, 0.1) is 0 Å². The van der Waals surface area contributed by atoms with Crippen molar-refractivity contribution in [3.63, 3.8) is 0 Å². The normalized spacial score (nSPS) is 12.0. The minimum Gasteiger partial charge on any atom is -0.454 e. The van der Waals surface area contributed by atoms with Gasteiger partial charge in [0.15, 0.2) is 11.5 Å². The molecule has 0 aliphatic carbocycles. The lowest BCUT2D eigenvalue weighted by molar-refractivity contribution is 0.0946. The van der Waals surface area contributed by atoms with Crippen LogP contribution < -0.4 is 20.1 Å². The van der Waals surface area contributed by atoms with E-state index in [4.69, 9.17) is 9.47 Å². The molecule has 0 radical (unpaired) electrons. The highest BCUT2D eigenvalue weighted by molar-refractivity contribution is 5.92. The third kappa shape index (κ3) is 3.95. The topological polar surface area (TPSA) is 72.5 Å². The summed E-state index contributed by atoms with van der Waals surface area (Å²) in [5.74, 6) is 1.24. The molecule has 0 atom stereocenters. The van der Waals surface area contributed by atoms with Gasteiger partial charge in [-0.25, -0.2) is 4.98 Å². The third-order valence-electron chi connectivity index (χ3n) is 3.75. The van der Waals surface area contributed by atoms with E-state index >= 15 is 0 Å². The number of benzene rings is 1. The first-order valence-corrected chi connectivity index (χ1v) is 8.13. The van der Waals surface area contributed by atoms with Gasteiger partial charge in [-0.15, -0.1) is 0 Å². The molecule has 6 heteroatoms. The molecule has 2 aromatic rings. The van der Waals surface area contributed by atoms with E-state index in [1.54, 1.807) is 12.3 Å². The number of nitrogens with one attached hydrogen (secondary N) is 2. The van der Waals surface area contributed by atoms with E-state index < -0.39 is 0 Å². The first kappa shape index (κ1) is 16.1. The fourth-order valence-corrected chi connectivity index (χ4v) is 2.37. The smallest absolute Gasteiger partial charge is 0.270 e. The number of unbranched alkanes of at least 4 members (excludes halogenated alkanes) is 1. The second-order valence-corrected chi connectivity index (χ2v) is 5.58. The molecule has 1 aliphatic rings. The quantitative estimate of drug-likeness (QED) is 0.765. The van der Waals surface area contributed by atoms with E-state index in [0.29, 0.717) is 18.0 Å². The summed E-state index contributed by atoms with van der Waals surface area (Å²) in [4.78, 5) is 16.4. The van der Waals surface area contributed by atoms with E-state index in [0.717, 1.165) is 36.4 Å². The zero-order chi connectivity index (χ0) is 16.8. The maximum absolute atomic E-state index is 12.2. The van der Waals surface area contributed by atoms with Crippen LogP contribution in [0.2, 0.25) is 0 Å². The average molecular weight is 327 g/mol. The van der Waals surface area contributed by atoms with Crippen molar-refractivity contribution in [1.29, 1.82) is 0 Å². The molecule has 0 saturated heterocycles. The number of aromatic nitrogens is 1. The number of anilines is 1. The molecule has 6 nitrogen and oxygen atoms in total. The largest absolute Gasteiger partial charge is 0.454 e. The van der Waals surface area contributed by atoms with Crippen molar-refractivity contribution in [3.05, 3.63) is 47.8 Å². The molecule has 24 heavy (non-hydrogen) atoms. The van der Waals surface area contributed by atoms with Gasteiger partial charge < -0.3 is 20.1 Å². The second kappa shape index (κ2) is 7.68. The Morgan fingerprint density at radius 2 is 2.08 bits per heavy atom. The fraction of sp³-hybridized carbons (Fsp3) is 0.333. The zero-order valence-corrected chi connectivity index (χ0v) is 13.7. The second-order valence-electron chi connectivity index (χ2n) is 5.58. The molecule has 3 rings (SSSR count). The third-order valence-corrected chi connectivity index (χ3v) is 3.75. The molecule has 0 bridgehead atoms. The summed E-state index contributed by atoms with van der Waals surface area (Å²) in [6.45, 7) is 3.71. The first-order valence-electron chi connectivity index (χ1n) is 8.13. The molecule has 1 aromatic heterocycles. The molecule has 0 spiro atoms. The van der Waals surface area contributed by atoms with Gasteiger partial charge in [-0.05, 0) is 36.2 Å². The number of nitrogens with zero attached hydrogens (tertiary/aromatic N) is 1. The Morgan fingerprint density at radius 1 is 1.21 bits per heavy atom. The van der Waals surface area contributed by atoms with Gasteiger partial charge in [0.25, 0.3) is 5.91 Å². The van der Waals surface area contributed by atoms with Crippen LogP contribution in [0.5, 0.6) is 11.5 Å². The Kier molecular flexibility index (Phi) is 5.15. The van der Waals surface area contributed by atoms with Crippen molar-refractivity contribution in [1.82, 2.24) is 10.3 Å². The van der Waals surface area contributed by atoms with Gasteiger partial charge in [0, 0.05) is 13.1 Å². The predicted molar refractivity (Wildman–Crippen MR) is 91.4 cm³/mol. The molecular weight excluding hydrogens is 306 g/mol. The van der Waals surface area contributed by atoms with E-state index in [2.05, 4.69) is 22.5 Å². The minimum atomic E-state index is -0.201. The van der Waals surface area contributed by atoms with Crippen molar-refractivity contribution in [2.75, 3.05) is 18.7 Å². The lowest BCUT2D eigenvalue weighted by Crippen LogP contribution is -2.23. The molecule has 0 fully saturated rings. The summed E-state index contributed by atoms with van der Waals surface area (Å²) in [6.07, 6.45) is 3.93. The van der Waals surface area contributed by atoms with Crippen molar-refractivity contribution in [3.8, 4) is 11.5 Å². The molecule has 1 amide bonds. The number of pyridine rings is 1. The maximum Gasteiger partial charge on any atom is 0.270 e. The van der Waals surface area contributed by atoms with Crippen molar-refractivity contribution in [2.24, 2.45) is 0 Å². The van der Waals surface area contributed by atoms with Crippen LogP contribution in [0.1, 0.15) is 35.8 Å². The summed E-state index contributed by atoms with van der Waals surface area (Å²) in [5.41, 5.74) is 2.28. The van der Waals surface area contributed by atoms with Crippen molar-refractivity contribution < 1.29 is 14.3 Å². The van der Waals surface area contributed by atoms with Gasteiger partial charge in [-0.2, -0.15) is 0 Å². The molecular formula is C18H21N3O3.